The highest BCUT2D eigenvalue weighted by Crippen LogP contribution is 2.44. The third-order valence-corrected chi connectivity index (χ3v) is 8.98. The van der Waals surface area contributed by atoms with E-state index in [-0.39, 0.29) is 0 Å². The Morgan fingerprint density at radius 2 is 0.911 bits per heavy atom. The van der Waals surface area contributed by atoms with Gasteiger partial charge in [-0.3, -0.25) is 4.57 Å². The van der Waals surface area contributed by atoms with Gasteiger partial charge >= 0.3 is 0 Å². The van der Waals surface area contributed by atoms with Gasteiger partial charge in [-0.1, -0.05) is 140 Å². The Balaban J connectivity index is 1.26. The van der Waals surface area contributed by atoms with Crippen molar-refractivity contribution in [3.8, 4) is 39.3 Å². The Labute approximate surface area is 261 Å². The Hall–Kier alpha value is -5.99. The second-order valence-electron chi connectivity index (χ2n) is 11.6. The van der Waals surface area contributed by atoms with E-state index in [2.05, 4.69) is 168 Å². The van der Waals surface area contributed by atoms with Gasteiger partial charge in [0.15, 0.2) is 0 Å². The lowest BCUT2D eigenvalue weighted by Crippen LogP contribution is -1.97. The highest BCUT2D eigenvalue weighted by atomic mass is 15.1. The topological polar surface area (TPSA) is 17.8 Å². The summed E-state index contributed by atoms with van der Waals surface area (Å²) in [5, 5.41) is 7.54. The first kappa shape index (κ1) is 25.5. The number of rotatable bonds is 4. The van der Waals surface area contributed by atoms with Crippen LogP contribution in [0.2, 0.25) is 0 Å². The molecule has 0 bridgehead atoms. The first-order valence-electron chi connectivity index (χ1n) is 15.4. The molecule has 0 atom stereocenters. The lowest BCUT2D eigenvalue weighted by molar-refractivity contribution is 1.10. The first-order chi connectivity index (χ1) is 22.3. The zero-order valence-corrected chi connectivity index (χ0v) is 24.6. The maximum absolute atomic E-state index is 5.04. The summed E-state index contributed by atoms with van der Waals surface area (Å²) in [4.78, 5) is 5.04. The molecule has 1 aromatic heterocycles. The summed E-state index contributed by atoms with van der Waals surface area (Å²) in [6, 6.07) is 60.9. The van der Waals surface area contributed by atoms with Crippen LogP contribution in [0.4, 0.5) is 0 Å². The van der Waals surface area contributed by atoms with E-state index in [0.717, 1.165) is 28.1 Å². The number of fused-ring (bicyclic) bond motifs is 4. The van der Waals surface area contributed by atoms with Crippen LogP contribution in [-0.4, -0.2) is 9.55 Å². The van der Waals surface area contributed by atoms with Crippen LogP contribution in [0.1, 0.15) is 0 Å². The van der Waals surface area contributed by atoms with E-state index >= 15 is 0 Å². The molecule has 0 fully saturated rings. The van der Waals surface area contributed by atoms with Crippen molar-refractivity contribution in [1.82, 2.24) is 9.55 Å². The van der Waals surface area contributed by atoms with E-state index in [1.165, 1.54) is 54.6 Å². The number of hydrogen-bond donors (Lipinski definition) is 0. The Morgan fingerprint density at radius 1 is 0.378 bits per heavy atom. The van der Waals surface area contributed by atoms with Gasteiger partial charge in [-0.15, -0.1) is 0 Å². The average molecular weight is 573 g/mol. The Kier molecular flexibility index (Phi) is 5.85. The van der Waals surface area contributed by atoms with Crippen molar-refractivity contribution in [2.75, 3.05) is 0 Å². The third-order valence-electron chi connectivity index (χ3n) is 8.98. The lowest BCUT2D eigenvalue weighted by atomic mass is 9.85. The van der Waals surface area contributed by atoms with Crippen molar-refractivity contribution < 1.29 is 0 Å². The van der Waals surface area contributed by atoms with Gasteiger partial charge < -0.3 is 0 Å². The minimum atomic E-state index is 0.945. The number of nitrogens with zero attached hydrogens (tertiary/aromatic N) is 2. The maximum Gasteiger partial charge on any atom is 0.145 e. The zero-order valence-electron chi connectivity index (χ0n) is 24.6. The van der Waals surface area contributed by atoms with E-state index in [4.69, 9.17) is 4.98 Å². The van der Waals surface area contributed by atoms with Gasteiger partial charge in [0.25, 0.3) is 0 Å². The fourth-order valence-corrected chi connectivity index (χ4v) is 6.94. The van der Waals surface area contributed by atoms with Gasteiger partial charge in [0, 0.05) is 11.3 Å². The van der Waals surface area contributed by atoms with Crippen molar-refractivity contribution in [3.63, 3.8) is 0 Å². The molecule has 8 aromatic carbocycles. The first-order valence-corrected chi connectivity index (χ1v) is 15.4. The van der Waals surface area contributed by atoms with E-state index in [0.29, 0.717) is 0 Å². The van der Waals surface area contributed by atoms with E-state index in [9.17, 15) is 0 Å². The van der Waals surface area contributed by atoms with Gasteiger partial charge in [-0.05, 0) is 84.9 Å². The van der Waals surface area contributed by atoms with Crippen LogP contribution in [0.3, 0.4) is 0 Å². The number of aromatic nitrogens is 2. The highest BCUT2D eigenvalue weighted by molar-refractivity contribution is 6.21. The molecular weight excluding hydrogens is 544 g/mol. The van der Waals surface area contributed by atoms with E-state index in [1.54, 1.807) is 0 Å². The lowest BCUT2D eigenvalue weighted by Gasteiger charge is -2.18. The van der Waals surface area contributed by atoms with E-state index in [1.807, 2.05) is 6.07 Å². The fourth-order valence-electron chi connectivity index (χ4n) is 6.94. The molecule has 9 aromatic rings. The molecule has 0 amide bonds. The minimum Gasteiger partial charge on any atom is -0.292 e. The van der Waals surface area contributed by atoms with Gasteiger partial charge in [-0.25, -0.2) is 4.98 Å². The summed E-state index contributed by atoms with van der Waals surface area (Å²) >= 11 is 0. The monoisotopic (exact) mass is 572 g/mol. The molecule has 0 saturated carbocycles. The SMILES string of the molecule is c1ccc(-c2nc3ccccc3n2-c2ccc(-c3c4ccccc4c(-c4ccc5ccccc5c4)c4ccccc34)cc2)cc1. The number of para-hydroxylation sites is 2. The van der Waals surface area contributed by atoms with Crippen molar-refractivity contribution in [3.05, 3.63) is 170 Å². The summed E-state index contributed by atoms with van der Waals surface area (Å²) in [6.07, 6.45) is 0. The molecule has 0 radical (unpaired) electrons. The van der Waals surface area contributed by atoms with Crippen LogP contribution in [0, 0.1) is 0 Å². The van der Waals surface area contributed by atoms with Crippen LogP contribution < -0.4 is 0 Å². The van der Waals surface area contributed by atoms with Crippen molar-refractivity contribution in [2.24, 2.45) is 0 Å². The molecule has 9 rings (SSSR count). The molecule has 45 heavy (non-hydrogen) atoms. The summed E-state index contributed by atoms with van der Waals surface area (Å²) in [5.41, 5.74) is 9.25. The molecule has 0 aliphatic heterocycles. The molecule has 0 spiro atoms. The van der Waals surface area contributed by atoms with Crippen LogP contribution in [-0.2, 0) is 0 Å². The highest BCUT2D eigenvalue weighted by Gasteiger charge is 2.18. The van der Waals surface area contributed by atoms with Crippen molar-refractivity contribution >= 4 is 43.4 Å². The standard InChI is InChI=1S/C43H28N2/c1-2-13-31(14-3-1)43-44-39-20-10-11-21-40(39)45(43)34-26-24-30(25-27-34)41-35-16-6-8-18-37(35)42(38-19-9-7-17-36(38)41)33-23-22-29-12-4-5-15-32(29)28-33/h1-28H. The largest absolute Gasteiger partial charge is 0.292 e. The number of hydrogen-bond acceptors (Lipinski definition) is 1. The molecule has 0 aliphatic carbocycles. The average Bonchev–Trinajstić information content (AvgIpc) is 3.51. The molecular formula is C43H28N2. The Morgan fingerprint density at radius 3 is 1.60 bits per heavy atom. The van der Waals surface area contributed by atoms with Gasteiger partial charge in [0.05, 0.1) is 11.0 Å². The summed E-state index contributed by atoms with van der Waals surface area (Å²) in [5.74, 6) is 0.945. The number of imidazole rings is 1. The fraction of sp³-hybridized carbons (Fsp3) is 0. The van der Waals surface area contributed by atoms with Crippen molar-refractivity contribution in [2.45, 2.75) is 0 Å². The molecule has 2 nitrogen and oxygen atoms in total. The van der Waals surface area contributed by atoms with Gasteiger partial charge in [0.2, 0.25) is 0 Å². The predicted molar refractivity (Wildman–Crippen MR) is 190 cm³/mol. The third kappa shape index (κ3) is 4.15. The van der Waals surface area contributed by atoms with E-state index < -0.39 is 0 Å². The van der Waals surface area contributed by atoms with Crippen LogP contribution >= 0.6 is 0 Å². The molecule has 0 saturated heterocycles. The normalized spacial score (nSPS) is 11.6. The van der Waals surface area contributed by atoms with Gasteiger partial charge in [0.1, 0.15) is 5.82 Å². The summed E-state index contributed by atoms with van der Waals surface area (Å²) < 4.78 is 2.27. The number of benzene rings is 8. The minimum absolute atomic E-state index is 0.945. The van der Waals surface area contributed by atoms with Crippen LogP contribution in [0.15, 0.2) is 170 Å². The van der Waals surface area contributed by atoms with Gasteiger partial charge in [-0.2, -0.15) is 0 Å². The predicted octanol–water partition coefficient (Wildman–Crippen LogP) is 11.5. The molecule has 2 heteroatoms. The molecule has 0 N–H and O–H groups in total. The second kappa shape index (κ2) is 10.3. The smallest absolute Gasteiger partial charge is 0.145 e. The van der Waals surface area contributed by atoms with Crippen LogP contribution in [0.5, 0.6) is 0 Å². The molecule has 1 heterocycles. The van der Waals surface area contributed by atoms with Crippen LogP contribution in [0.25, 0.3) is 82.7 Å². The molecule has 0 unspecified atom stereocenters. The second-order valence-corrected chi connectivity index (χ2v) is 11.6. The van der Waals surface area contributed by atoms with Crippen molar-refractivity contribution in [1.29, 1.82) is 0 Å². The molecule has 210 valence electrons. The summed E-state index contributed by atoms with van der Waals surface area (Å²) in [7, 11) is 0. The Bertz CT molecular complexity index is 2470. The molecule has 0 aliphatic rings. The summed E-state index contributed by atoms with van der Waals surface area (Å²) in [6.45, 7) is 0. The quantitative estimate of drug-likeness (QED) is 0.192. The zero-order chi connectivity index (χ0) is 29.7. The maximum atomic E-state index is 5.04.